The lowest BCUT2D eigenvalue weighted by atomic mass is 9.77. The Morgan fingerprint density at radius 3 is 2.95 bits per heavy atom. The van der Waals surface area contributed by atoms with E-state index in [1.165, 1.54) is 11.3 Å². The molecular formula is C16H20N2O2S. The lowest BCUT2D eigenvalue weighted by molar-refractivity contribution is 0.0717. The Balaban J connectivity index is 1.77. The molecule has 0 bridgehead atoms. The first kappa shape index (κ1) is 14.5. The van der Waals surface area contributed by atoms with Crippen LogP contribution in [0, 0.1) is 5.92 Å². The molecule has 112 valence electrons. The van der Waals surface area contributed by atoms with Crippen molar-refractivity contribution in [2.75, 3.05) is 6.61 Å². The summed E-state index contributed by atoms with van der Waals surface area (Å²) in [6, 6.07) is 5.54. The first-order chi connectivity index (χ1) is 10.1. The molecular weight excluding hydrogens is 284 g/mol. The topological polar surface area (TPSA) is 62.2 Å². The molecule has 0 aliphatic heterocycles. The molecule has 1 aliphatic carbocycles. The number of hydrogen-bond donors (Lipinski definition) is 2. The third kappa shape index (κ3) is 2.94. The smallest absolute Gasteiger partial charge is 0.251 e. The fraction of sp³-hybridized carbons (Fsp3) is 0.500. The number of benzene rings is 1. The summed E-state index contributed by atoms with van der Waals surface area (Å²) in [5, 5.41) is 12.8. The van der Waals surface area contributed by atoms with Gasteiger partial charge in [-0.05, 0) is 49.8 Å². The molecule has 2 N–H and O–H groups in total. The third-order valence-corrected chi connectivity index (χ3v) is 5.30. The van der Waals surface area contributed by atoms with Gasteiger partial charge in [-0.15, -0.1) is 11.3 Å². The summed E-state index contributed by atoms with van der Waals surface area (Å²) in [5.74, 6) is 0.573. The van der Waals surface area contributed by atoms with E-state index in [4.69, 9.17) is 0 Å². The summed E-state index contributed by atoms with van der Waals surface area (Å²) < 4.78 is 1.01. The molecule has 0 saturated heterocycles. The maximum atomic E-state index is 12.5. The van der Waals surface area contributed by atoms with Crippen LogP contribution >= 0.6 is 11.3 Å². The number of aliphatic hydroxyl groups excluding tert-OH is 1. The summed E-state index contributed by atoms with van der Waals surface area (Å²) in [6.07, 6.45) is 3.79. The van der Waals surface area contributed by atoms with Crippen LogP contribution in [0.4, 0.5) is 0 Å². The van der Waals surface area contributed by atoms with Crippen LogP contribution in [0.3, 0.4) is 0 Å². The Morgan fingerprint density at radius 2 is 2.24 bits per heavy atom. The number of amides is 1. The second-order valence-corrected chi connectivity index (χ2v) is 7.00. The minimum absolute atomic E-state index is 0.00820. The van der Waals surface area contributed by atoms with E-state index in [0.717, 1.165) is 35.9 Å². The van der Waals surface area contributed by atoms with Crippen molar-refractivity contribution >= 4 is 27.5 Å². The van der Waals surface area contributed by atoms with E-state index in [-0.39, 0.29) is 12.5 Å². The first-order valence-electron chi connectivity index (χ1n) is 7.38. The Labute approximate surface area is 128 Å². The van der Waals surface area contributed by atoms with Gasteiger partial charge in [-0.3, -0.25) is 4.79 Å². The van der Waals surface area contributed by atoms with Gasteiger partial charge in [0.1, 0.15) is 0 Å². The zero-order valence-electron chi connectivity index (χ0n) is 12.1. The number of fused-ring (bicyclic) bond motifs is 1. The minimum atomic E-state index is -0.452. The van der Waals surface area contributed by atoms with Crippen molar-refractivity contribution in [2.24, 2.45) is 5.92 Å². The molecule has 1 heterocycles. The molecule has 1 aliphatic rings. The van der Waals surface area contributed by atoms with Gasteiger partial charge in [-0.2, -0.15) is 0 Å². The van der Waals surface area contributed by atoms with E-state index in [1.54, 1.807) is 11.6 Å². The van der Waals surface area contributed by atoms with Gasteiger partial charge >= 0.3 is 0 Å². The van der Waals surface area contributed by atoms with Crippen molar-refractivity contribution in [3.8, 4) is 0 Å². The van der Waals surface area contributed by atoms with Gasteiger partial charge in [-0.1, -0.05) is 6.92 Å². The highest BCUT2D eigenvalue weighted by molar-refractivity contribution is 7.16. The second-order valence-electron chi connectivity index (χ2n) is 6.11. The molecule has 3 rings (SSSR count). The van der Waals surface area contributed by atoms with Crippen LogP contribution in [0.2, 0.25) is 0 Å². The van der Waals surface area contributed by atoms with Crippen LogP contribution in [0.15, 0.2) is 23.7 Å². The molecule has 0 radical (unpaired) electrons. The number of carbonyl (C=O) groups excluding carboxylic acids is 1. The number of thiazole rings is 1. The standard InChI is InChI=1S/C16H20N2O2S/c1-11-4-6-16(9-19,7-5-11)18-15(20)12-2-3-13-14(8-12)21-10-17-13/h2-3,8,10-11,19H,4-7,9H2,1H3,(H,18,20). The molecule has 1 fully saturated rings. The molecule has 1 saturated carbocycles. The average Bonchev–Trinajstić information content (AvgIpc) is 2.97. The third-order valence-electron chi connectivity index (χ3n) is 4.51. The summed E-state index contributed by atoms with van der Waals surface area (Å²) in [7, 11) is 0. The Hall–Kier alpha value is -1.46. The van der Waals surface area contributed by atoms with E-state index in [9.17, 15) is 9.90 Å². The quantitative estimate of drug-likeness (QED) is 0.916. The largest absolute Gasteiger partial charge is 0.394 e. The highest BCUT2D eigenvalue weighted by Crippen LogP contribution is 2.32. The van der Waals surface area contributed by atoms with Crippen LogP contribution in [0.25, 0.3) is 10.2 Å². The molecule has 1 aromatic heterocycles. The van der Waals surface area contributed by atoms with Gasteiger partial charge in [0.05, 0.1) is 27.9 Å². The summed E-state index contributed by atoms with van der Waals surface area (Å²) in [6.45, 7) is 2.23. The maximum absolute atomic E-state index is 12.5. The number of hydrogen-bond acceptors (Lipinski definition) is 4. The van der Waals surface area contributed by atoms with Gasteiger partial charge in [0.25, 0.3) is 5.91 Å². The minimum Gasteiger partial charge on any atom is -0.394 e. The van der Waals surface area contributed by atoms with Gasteiger partial charge in [0.15, 0.2) is 0 Å². The summed E-state index contributed by atoms with van der Waals surface area (Å²) >= 11 is 1.53. The SMILES string of the molecule is CC1CCC(CO)(NC(=O)c2ccc3ncsc3c2)CC1. The molecule has 21 heavy (non-hydrogen) atoms. The van der Waals surface area contributed by atoms with E-state index in [0.29, 0.717) is 11.5 Å². The van der Waals surface area contributed by atoms with Crippen molar-refractivity contribution in [2.45, 2.75) is 38.1 Å². The number of aliphatic hydroxyl groups is 1. The van der Waals surface area contributed by atoms with Crippen molar-refractivity contribution in [1.29, 1.82) is 0 Å². The zero-order chi connectivity index (χ0) is 14.9. The molecule has 5 heteroatoms. The Morgan fingerprint density at radius 1 is 1.48 bits per heavy atom. The van der Waals surface area contributed by atoms with Crippen molar-refractivity contribution in [1.82, 2.24) is 10.3 Å². The van der Waals surface area contributed by atoms with Crippen LogP contribution < -0.4 is 5.32 Å². The molecule has 0 spiro atoms. The molecule has 1 amide bonds. The van der Waals surface area contributed by atoms with Gasteiger partial charge in [0.2, 0.25) is 0 Å². The van der Waals surface area contributed by atoms with Crippen molar-refractivity contribution < 1.29 is 9.90 Å². The van der Waals surface area contributed by atoms with Crippen LogP contribution in [0.1, 0.15) is 43.0 Å². The predicted octanol–water partition coefficient (Wildman–Crippen LogP) is 2.97. The monoisotopic (exact) mass is 304 g/mol. The Bertz CT molecular complexity index is 645. The van der Waals surface area contributed by atoms with Crippen LogP contribution in [-0.4, -0.2) is 28.1 Å². The normalized spacial score (nSPS) is 25.9. The van der Waals surface area contributed by atoms with E-state index >= 15 is 0 Å². The highest BCUT2D eigenvalue weighted by atomic mass is 32.1. The fourth-order valence-electron chi connectivity index (χ4n) is 2.95. The van der Waals surface area contributed by atoms with E-state index in [2.05, 4.69) is 17.2 Å². The van der Waals surface area contributed by atoms with Crippen LogP contribution in [-0.2, 0) is 0 Å². The number of nitrogens with one attached hydrogen (secondary N) is 1. The number of rotatable bonds is 3. The number of carbonyl (C=O) groups is 1. The molecule has 2 aromatic rings. The first-order valence-corrected chi connectivity index (χ1v) is 8.26. The summed E-state index contributed by atoms with van der Waals surface area (Å²) in [5.41, 5.74) is 2.88. The number of nitrogens with zero attached hydrogens (tertiary/aromatic N) is 1. The predicted molar refractivity (Wildman–Crippen MR) is 84.5 cm³/mol. The lowest BCUT2D eigenvalue weighted by Crippen LogP contribution is -2.53. The van der Waals surface area contributed by atoms with Gasteiger partial charge in [-0.25, -0.2) is 4.98 Å². The molecule has 1 aromatic carbocycles. The lowest BCUT2D eigenvalue weighted by Gasteiger charge is -2.38. The van der Waals surface area contributed by atoms with Gasteiger partial charge < -0.3 is 10.4 Å². The maximum Gasteiger partial charge on any atom is 0.251 e. The zero-order valence-corrected chi connectivity index (χ0v) is 12.9. The van der Waals surface area contributed by atoms with Crippen molar-refractivity contribution in [3.63, 3.8) is 0 Å². The van der Waals surface area contributed by atoms with E-state index in [1.807, 2.05) is 12.1 Å². The molecule has 4 nitrogen and oxygen atoms in total. The molecule has 0 atom stereocenters. The van der Waals surface area contributed by atoms with E-state index < -0.39 is 5.54 Å². The number of aromatic nitrogens is 1. The second kappa shape index (κ2) is 5.73. The average molecular weight is 304 g/mol. The van der Waals surface area contributed by atoms with Crippen LogP contribution in [0.5, 0.6) is 0 Å². The van der Waals surface area contributed by atoms with Gasteiger partial charge in [0, 0.05) is 5.56 Å². The van der Waals surface area contributed by atoms with Crippen molar-refractivity contribution in [3.05, 3.63) is 29.3 Å². The highest BCUT2D eigenvalue weighted by Gasteiger charge is 2.35. The molecule has 0 unspecified atom stereocenters. The Kier molecular flexibility index (Phi) is 3.95. The fourth-order valence-corrected chi connectivity index (χ4v) is 3.66. The summed E-state index contributed by atoms with van der Waals surface area (Å²) in [4.78, 5) is 16.7.